The van der Waals surface area contributed by atoms with Crippen LogP contribution in [0.1, 0.15) is 33.1 Å². The van der Waals surface area contributed by atoms with E-state index in [4.69, 9.17) is 23.2 Å². The molecule has 0 spiro atoms. The van der Waals surface area contributed by atoms with Crippen molar-refractivity contribution in [3.8, 4) is 0 Å². The number of amides is 1. The number of carbonyl (C=O) groups excluding carboxylic acids is 2. The average molecular weight is 326 g/mol. The lowest BCUT2D eigenvalue weighted by atomic mass is 9.70. The van der Waals surface area contributed by atoms with E-state index in [1.807, 2.05) is 13.8 Å². The molecule has 0 heterocycles. The van der Waals surface area contributed by atoms with E-state index in [9.17, 15) is 9.59 Å². The number of nitrogens with one attached hydrogen (secondary N) is 1. The van der Waals surface area contributed by atoms with Crippen LogP contribution in [0.15, 0.2) is 18.2 Å². The molecule has 2 aliphatic rings. The van der Waals surface area contributed by atoms with Crippen molar-refractivity contribution in [1.29, 1.82) is 0 Å². The molecule has 0 saturated heterocycles. The molecular weight excluding hydrogens is 309 g/mol. The van der Waals surface area contributed by atoms with Gasteiger partial charge in [0.05, 0.1) is 10.7 Å². The number of benzene rings is 1. The van der Waals surface area contributed by atoms with Crippen molar-refractivity contribution in [1.82, 2.24) is 0 Å². The minimum absolute atomic E-state index is 0.0573. The van der Waals surface area contributed by atoms with Crippen LogP contribution in [0.5, 0.6) is 0 Å². The van der Waals surface area contributed by atoms with E-state index in [2.05, 4.69) is 5.32 Å². The smallest absolute Gasteiger partial charge is 0.238 e. The SMILES string of the molecule is CC1(C)C(=O)[C@@]2(C(=O)Nc3cc(Cl)ccc3Cl)CC[C@H]1C2. The van der Waals surface area contributed by atoms with Gasteiger partial charge in [0.25, 0.3) is 0 Å². The summed E-state index contributed by atoms with van der Waals surface area (Å²) in [4.78, 5) is 25.4. The topological polar surface area (TPSA) is 46.2 Å². The lowest BCUT2D eigenvalue weighted by Gasteiger charge is -2.32. The molecule has 2 atom stereocenters. The highest BCUT2D eigenvalue weighted by Gasteiger charge is 2.65. The van der Waals surface area contributed by atoms with E-state index < -0.39 is 10.8 Å². The predicted octanol–water partition coefficient (Wildman–Crippen LogP) is 4.33. The molecule has 5 heteroatoms. The van der Waals surface area contributed by atoms with Crippen molar-refractivity contribution in [2.75, 3.05) is 5.32 Å². The predicted molar refractivity (Wildman–Crippen MR) is 83.7 cm³/mol. The zero-order valence-corrected chi connectivity index (χ0v) is 13.5. The number of halogens is 2. The lowest BCUT2D eigenvalue weighted by Crippen LogP contribution is -2.44. The molecule has 112 valence electrons. The largest absolute Gasteiger partial charge is 0.324 e. The van der Waals surface area contributed by atoms with Gasteiger partial charge in [-0.2, -0.15) is 0 Å². The Morgan fingerprint density at radius 2 is 2.05 bits per heavy atom. The van der Waals surface area contributed by atoms with Gasteiger partial charge < -0.3 is 5.32 Å². The summed E-state index contributed by atoms with van der Waals surface area (Å²) < 4.78 is 0. The molecule has 0 aromatic heterocycles. The highest BCUT2D eigenvalue weighted by molar-refractivity contribution is 6.36. The fourth-order valence-corrected chi connectivity index (χ4v) is 4.15. The van der Waals surface area contributed by atoms with Crippen LogP contribution in [-0.2, 0) is 9.59 Å². The number of fused-ring (bicyclic) bond motifs is 2. The molecule has 0 radical (unpaired) electrons. The first-order valence-corrected chi connectivity index (χ1v) is 7.84. The molecule has 2 saturated carbocycles. The first kappa shape index (κ1) is 14.9. The van der Waals surface area contributed by atoms with E-state index >= 15 is 0 Å². The first-order chi connectivity index (χ1) is 9.77. The van der Waals surface area contributed by atoms with E-state index in [0.29, 0.717) is 34.5 Å². The molecule has 0 aliphatic heterocycles. The number of anilines is 1. The monoisotopic (exact) mass is 325 g/mol. The molecule has 1 amide bonds. The Bertz CT molecular complexity index is 641. The molecule has 0 unspecified atom stereocenters. The standard InChI is InChI=1S/C16H17Cl2NO2/c1-15(2)9-5-6-16(8-9,13(15)20)14(21)19-12-7-10(17)3-4-11(12)18/h3-4,7,9H,5-6,8H2,1-2H3,(H,19,21)/t9-,16+/m0/s1. The van der Waals surface area contributed by atoms with E-state index in [0.717, 1.165) is 6.42 Å². The van der Waals surface area contributed by atoms with Gasteiger partial charge in [0.2, 0.25) is 5.91 Å². The fourth-order valence-electron chi connectivity index (χ4n) is 3.81. The second kappa shape index (κ2) is 4.72. The van der Waals surface area contributed by atoms with Gasteiger partial charge in [0.15, 0.2) is 5.78 Å². The third kappa shape index (κ3) is 2.09. The van der Waals surface area contributed by atoms with Crippen LogP contribution in [0.25, 0.3) is 0 Å². The van der Waals surface area contributed by atoms with Gasteiger partial charge in [0, 0.05) is 10.4 Å². The van der Waals surface area contributed by atoms with Crippen molar-refractivity contribution >= 4 is 40.6 Å². The Hall–Kier alpha value is -1.06. The van der Waals surface area contributed by atoms with Crippen LogP contribution >= 0.6 is 23.2 Å². The third-order valence-electron chi connectivity index (χ3n) is 5.17. The summed E-state index contributed by atoms with van der Waals surface area (Å²) in [5.41, 5.74) is -0.836. The van der Waals surface area contributed by atoms with Crippen molar-refractivity contribution < 1.29 is 9.59 Å². The second-order valence-electron chi connectivity index (χ2n) is 6.65. The highest BCUT2D eigenvalue weighted by atomic mass is 35.5. The average Bonchev–Trinajstić information content (AvgIpc) is 2.94. The van der Waals surface area contributed by atoms with Gasteiger partial charge in [-0.3, -0.25) is 9.59 Å². The van der Waals surface area contributed by atoms with Gasteiger partial charge in [-0.15, -0.1) is 0 Å². The van der Waals surface area contributed by atoms with Crippen molar-refractivity contribution in [2.45, 2.75) is 33.1 Å². The van der Waals surface area contributed by atoms with Crippen molar-refractivity contribution in [2.24, 2.45) is 16.7 Å². The maximum atomic E-state index is 12.7. The van der Waals surface area contributed by atoms with E-state index in [1.54, 1.807) is 18.2 Å². The van der Waals surface area contributed by atoms with Crippen LogP contribution < -0.4 is 5.32 Å². The Labute approximate surface area is 134 Å². The third-order valence-corrected chi connectivity index (χ3v) is 5.73. The van der Waals surface area contributed by atoms with Crippen LogP contribution in [0.4, 0.5) is 5.69 Å². The van der Waals surface area contributed by atoms with Crippen LogP contribution in [0.3, 0.4) is 0 Å². The summed E-state index contributed by atoms with van der Waals surface area (Å²) in [6.45, 7) is 3.89. The molecular formula is C16H17Cl2NO2. The summed E-state index contributed by atoms with van der Waals surface area (Å²) in [5, 5.41) is 3.72. The number of Topliss-reactive ketones (excluding diaryl/α,β-unsaturated/α-hetero) is 1. The summed E-state index contributed by atoms with van der Waals surface area (Å²) in [6.07, 6.45) is 2.20. The zero-order chi connectivity index (χ0) is 15.4. The first-order valence-electron chi connectivity index (χ1n) is 7.09. The Balaban J connectivity index is 1.90. The Morgan fingerprint density at radius 3 is 2.67 bits per heavy atom. The normalized spacial score (nSPS) is 29.7. The zero-order valence-electron chi connectivity index (χ0n) is 12.0. The fraction of sp³-hybridized carbons (Fsp3) is 0.500. The molecule has 21 heavy (non-hydrogen) atoms. The number of ketones is 1. The quantitative estimate of drug-likeness (QED) is 0.823. The molecule has 2 aliphatic carbocycles. The van der Waals surface area contributed by atoms with Gasteiger partial charge in [0.1, 0.15) is 5.41 Å². The van der Waals surface area contributed by atoms with E-state index in [1.165, 1.54) is 0 Å². The van der Waals surface area contributed by atoms with Gasteiger partial charge in [-0.1, -0.05) is 37.0 Å². The van der Waals surface area contributed by atoms with E-state index in [-0.39, 0.29) is 11.7 Å². The van der Waals surface area contributed by atoms with Crippen molar-refractivity contribution in [3.63, 3.8) is 0 Å². The maximum Gasteiger partial charge on any atom is 0.238 e. The summed E-state index contributed by atoms with van der Waals surface area (Å²) >= 11 is 12.0. The minimum Gasteiger partial charge on any atom is -0.324 e. The van der Waals surface area contributed by atoms with Crippen LogP contribution in [0.2, 0.25) is 10.0 Å². The second-order valence-corrected chi connectivity index (χ2v) is 7.49. The van der Waals surface area contributed by atoms with Crippen molar-refractivity contribution in [3.05, 3.63) is 28.2 Å². The van der Waals surface area contributed by atoms with Gasteiger partial charge in [-0.05, 0) is 43.4 Å². The minimum atomic E-state index is -0.889. The molecule has 1 N–H and O–H groups in total. The Kier molecular flexibility index (Phi) is 3.34. The summed E-state index contributed by atoms with van der Waals surface area (Å²) in [7, 11) is 0. The van der Waals surface area contributed by atoms with Crippen LogP contribution in [-0.4, -0.2) is 11.7 Å². The molecule has 1 aromatic carbocycles. The number of hydrogen-bond donors (Lipinski definition) is 1. The molecule has 1 aromatic rings. The molecule has 2 fully saturated rings. The number of carbonyl (C=O) groups is 2. The Morgan fingerprint density at radius 1 is 1.33 bits per heavy atom. The number of rotatable bonds is 2. The summed E-state index contributed by atoms with van der Waals surface area (Å²) in [5.74, 6) is 0.109. The van der Waals surface area contributed by atoms with Gasteiger partial charge in [-0.25, -0.2) is 0 Å². The molecule has 2 bridgehead atoms. The lowest BCUT2D eigenvalue weighted by molar-refractivity contribution is -0.142. The number of hydrogen-bond acceptors (Lipinski definition) is 2. The molecule has 3 nitrogen and oxygen atoms in total. The highest BCUT2D eigenvalue weighted by Crippen LogP contribution is 2.60. The summed E-state index contributed by atoms with van der Waals surface area (Å²) in [6, 6.07) is 4.90. The maximum absolute atomic E-state index is 12.7. The molecule has 3 rings (SSSR count). The van der Waals surface area contributed by atoms with Gasteiger partial charge >= 0.3 is 0 Å². The van der Waals surface area contributed by atoms with Crippen LogP contribution in [0, 0.1) is 16.7 Å².